The molecule has 4 aliphatic carbocycles. The van der Waals surface area contributed by atoms with E-state index < -0.39 is 5.60 Å². The van der Waals surface area contributed by atoms with E-state index in [0.717, 1.165) is 32.1 Å². The van der Waals surface area contributed by atoms with Gasteiger partial charge in [-0.15, -0.1) is 0 Å². The SMILES string of the molecule is COCOC12CC3CC(C1)CC(OC(=O)COc1ccc([S+](c4ccccc4)c4ccccc4)cc1)(C3)C2. The van der Waals surface area contributed by atoms with Crippen LogP contribution >= 0.6 is 0 Å². The topological polar surface area (TPSA) is 54.0 Å². The summed E-state index contributed by atoms with van der Waals surface area (Å²) in [6.45, 7) is 0.198. The number of rotatable bonds is 10. The molecule has 4 bridgehead atoms. The summed E-state index contributed by atoms with van der Waals surface area (Å²) in [7, 11) is 1.44. The van der Waals surface area contributed by atoms with Gasteiger partial charge in [0, 0.05) is 13.5 Å². The van der Waals surface area contributed by atoms with Crippen LogP contribution in [0.15, 0.2) is 99.6 Å². The Labute approximate surface area is 227 Å². The lowest BCUT2D eigenvalue weighted by molar-refractivity contribution is -0.252. The fourth-order valence-corrected chi connectivity index (χ4v) is 9.26. The number of esters is 1. The van der Waals surface area contributed by atoms with Crippen molar-refractivity contribution in [2.75, 3.05) is 20.5 Å². The fraction of sp³-hybridized carbons (Fsp3) is 0.406. The lowest BCUT2D eigenvalue weighted by atomic mass is 9.52. The molecule has 0 amide bonds. The van der Waals surface area contributed by atoms with Crippen LogP contribution in [-0.2, 0) is 29.9 Å². The van der Waals surface area contributed by atoms with E-state index in [0.29, 0.717) is 24.4 Å². The molecular weight excluding hydrogens is 496 g/mol. The maximum Gasteiger partial charge on any atom is 0.344 e. The number of carbonyl (C=O) groups excluding carboxylic acids is 1. The second-order valence-corrected chi connectivity index (χ2v) is 13.1. The molecule has 0 spiro atoms. The Morgan fingerprint density at radius 2 is 1.34 bits per heavy atom. The molecule has 0 saturated heterocycles. The largest absolute Gasteiger partial charge is 0.482 e. The minimum absolute atomic E-state index is 0.0918. The predicted octanol–water partition coefficient (Wildman–Crippen LogP) is 6.42. The van der Waals surface area contributed by atoms with E-state index in [4.69, 9.17) is 18.9 Å². The molecule has 0 aliphatic heterocycles. The molecule has 2 atom stereocenters. The molecule has 0 heterocycles. The van der Waals surface area contributed by atoms with Crippen LogP contribution in [0.2, 0.25) is 0 Å². The Morgan fingerprint density at radius 1 is 0.789 bits per heavy atom. The Bertz CT molecular complexity index is 1180. The van der Waals surface area contributed by atoms with Gasteiger partial charge in [-0.2, -0.15) is 0 Å². The second-order valence-electron chi connectivity index (χ2n) is 11.0. The highest BCUT2D eigenvalue weighted by Crippen LogP contribution is 2.60. The first-order chi connectivity index (χ1) is 18.6. The average Bonchev–Trinajstić information content (AvgIpc) is 2.92. The summed E-state index contributed by atoms with van der Waals surface area (Å²) >= 11 is 0. The maximum absolute atomic E-state index is 13.0. The highest BCUT2D eigenvalue weighted by molar-refractivity contribution is 7.97. The van der Waals surface area contributed by atoms with Gasteiger partial charge >= 0.3 is 5.97 Å². The zero-order chi connectivity index (χ0) is 26.0. The van der Waals surface area contributed by atoms with E-state index in [9.17, 15) is 4.79 Å². The van der Waals surface area contributed by atoms with Crippen molar-refractivity contribution in [3.63, 3.8) is 0 Å². The highest BCUT2D eigenvalue weighted by Gasteiger charge is 2.60. The molecule has 0 radical (unpaired) electrons. The van der Waals surface area contributed by atoms with Crippen molar-refractivity contribution in [3.05, 3.63) is 84.9 Å². The van der Waals surface area contributed by atoms with E-state index in [1.807, 2.05) is 24.3 Å². The highest BCUT2D eigenvalue weighted by atomic mass is 32.2. The first kappa shape index (κ1) is 25.5. The van der Waals surface area contributed by atoms with Crippen LogP contribution in [0.5, 0.6) is 5.75 Å². The molecule has 3 aromatic carbocycles. The number of benzene rings is 3. The van der Waals surface area contributed by atoms with Crippen LogP contribution < -0.4 is 4.74 Å². The number of hydrogen-bond acceptors (Lipinski definition) is 5. The smallest absolute Gasteiger partial charge is 0.344 e. The summed E-state index contributed by atoms with van der Waals surface area (Å²) in [5.41, 5.74) is -0.645. The minimum Gasteiger partial charge on any atom is -0.482 e. The number of hydrogen-bond donors (Lipinski definition) is 0. The molecule has 0 N–H and O–H groups in total. The third kappa shape index (κ3) is 5.35. The third-order valence-electron chi connectivity index (χ3n) is 8.14. The van der Waals surface area contributed by atoms with Crippen molar-refractivity contribution in [2.45, 2.75) is 64.4 Å². The summed E-state index contributed by atoms with van der Waals surface area (Å²) in [4.78, 5) is 16.7. The van der Waals surface area contributed by atoms with Crippen LogP contribution in [0.1, 0.15) is 38.5 Å². The van der Waals surface area contributed by atoms with Crippen LogP contribution in [0.25, 0.3) is 0 Å². The van der Waals surface area contributed by atoms with Crippen molar-refractivity contribution in [1.29, 1.82) is 0 Å². The van der Waals surface area contributed by atoms with Gasteiger partial charge in [0.1, 0.15) is 18.1 Å². The first-order valence-electron chi connectivity index (χ1n) is 13.5. The van der Waals surface area contributed by atoms with E-state index in [2.05, 4.69) is 60.7 Å². The Morgan fingerprint density at radius 3 is 1.92 bits per heavy atom. The molecule has 3 aromatic rings. The summed E-state index contributed by atoms with van der Waals surface area (Å²) in [6, 6.07) is 29.2. The molecule has 4 fully saturated rings. The van der Waals surface area contributed by atoms with Gasteiger partial charge in [0.15, 0.2) is 21.3 Å². The van der Waals surface area contributed by atoms with Gasteiger partial charge < -0.3 is 18.9 Å². The first-order valence-corrected chi connectivity index (χ1v) is 14.7. The lowest BCUT2D eigenvalue weighted by Gasteiger charge is -2.60. The predicted molar refractivity (Wildman–Crippen MR) is 146 cm³/mol. The third-order valence-corrected chi connectivity index (χ3v) is 10.4. The van der Waals surface area contributed by atoms with Crippen molar-refractivity contribution >= 4 is 16.9 Å². The average molecular weight is 532 g/mol. The molecule has 7 rings (SSSR count). The maximum atomic E-state index is 13.0. The van der Waals surface area contributed by atoms with Crippen molar-refractivity contribution in [1.82, 2.24) is 0 Å². The van der Waals surface area contributed by atoms with Crippen molar-refractivity contribution in [2.24, 2.45) is 11.8 Å². The molecule has 5 nitrogen and oxygen atoms in total. The Hall–Kier alpha value is -2.80. The summed E-state index contributed by atoms with van der Waals surface area (Å²) in [5.74, 6) is 1.47. The quantitative estimate of drug-likeness (QED) is 0.172. The molecule has 4 aliphatic rings. The minimum atomic E-state index is -0.429. The molecule has 6 heteroatoms. The van der Waals surface area contributed by atoms with Crippen molar-refractivity contribution in [3.8, 4) is 5.75 Å². The van der Waals surface area contributed by atoms with Crippen molar-refractivity contribution < 1.29 is 23.7 Å². The molecule has 0 aromatic heterocycles. The fourth-order valence-electron chi connectivity index (χ4n) is 7.17. The van der Waals surface area contributed by atoms with Gasteiger partial charge in [-0.05, 0) is 92.5 Å². The summed E-state index contributed by atoms with van der Waals surface area (Å²) in [6.07, 6.45) is 5.93. The Kier molecular flexibility index (Phi) is 7.21. The molecular formula is C32H35O5S+. The van der Waals surface area contributed by atoms with Gasteiger partial charge in [0.25, 0.3) is 0 Å². The normalized spacial score (nSPS) is 27.4. The van der Waals surface area contributed by atoms with E-state index in [-0.39, 0.29) is 29.1 Å². The van der Waals surface area contributed by atoms with Gasteiger partial charge in [0.05, 0.1) is 16.5 Å². The number of methoxy groups -OCH3 is 1. The van der Waals surface area contributed by atoms with E-state index in [1.165, 1.54) is 21.1 Å². The van der Waals surface area contributed by atoms with Crippen LogP contribution in [0.3, 0.4) is 0 Å². The molecule has 2 unspecified atom stereocenters. The van der Waals surface area contributed by atoms with Crippen LogP contribution in [0.4, 0.5) is 0 Å². The lowest BCUT2D eigenvalue weighted by Crippen LogP contribution is -2.61. The van der Waals surface area contributed by atoms with Gasteiger partial charge in [-0.1, -0.05) is 36.4 Å². The zero-order valence-corrected chi connectivity index (χ0v) is 22.7. The number of ether oxygens (including phenoxy) is 4. The monoisotopic (exact) mass is 531 g/mol. The molecule has 4 saturated carbocycles. The number of carbonyl (C=O) groups is 1. The summed E-state index contributed by atoms with van der Waals surface area (Å²) < 4.78 is 23.5. The molecule has 38 heavy (non-hydrogen) atoms. The summed E-state index contributed by atoms with van der Waals surface area (Å²) in [5, 5.41) is 0. The second kappa shape index (κ2) is 10.8. The van der Waals surface area contributed by atoms with Crippen LogP contribution in [0, 0.1) is 11.8 Å². The van der Waals surface area contributed by atoms with Gasteiger partial charge in [0.2, 0.25) is 0 Å². The zero-order valence-electron chi connectivity index (χ0n) is 21.8. The van der Waals surface area contributed by atoms with E-state index >= 15 is 0 Å². The molecule has 198 valence electrons. The standard InChI is InChI=1S/C32H35O5S/c1-34-23-36-31-17-24-16-25(18-31)20-32(19-24,22-31)37-30(33)21-35-26-12-14-29(15-13-26)38(27-8-4-2-5-9-27)28-10-6-3-7-11-28/h2-15,24-25H,16-23H2,1H3/q+1. The Balaban J connectivity index is 1.11. The van der Waals surface area contributed by atoms with E-state index in [1.54, 1.807) is 7.11 Å². The van der Waals surface area contributed by atoms with Gasteiger partial charge in [-0.3, -0.25) is 0 Å². The van der Waals surface area contributed by atoms with Crippen LogP contribution in [-0.4, -0.2) is 37.7 Å². The van der Waals surface area contributed by atoms with Gasteiger partial charge in [-0.25, -0.2) is 4.79 Å².